The number of esters is 4. The Morgan fingerprint density at radius 3 is 0.891 bits per heavy atom. The second kappa shape index (κ2) is 23.6. The fraction of sp³-hybridized carbons (Fsp3) is 0.0833. The molecule has 92 heavy (non-hydrogen) atoms. The molecule has 20 heteroatoms. The van der Waals surface area contributed by atoms with Gasteiger partial charge in [-0.3, -0.25) is 19.2 Å². The molecule has 2 aromatic heterocycles. The molecule has 7 aromatic carbocycles. The molecular weight excluding hydrogens is 1210 g/mol. The fourth-order valence-corrected chi connectivity index (χ4v) is 13.5. The average Bonchev–Trinajstić information content (AvgIpc) is 1.36. The molecule has 4 heterocycles. The molecule has 18 nitrogen and oxygen atoms in total. The van der Waals surface area contributed by atoms with Crippen LogP contribution in [0.5, 0.6) is 11.5 Å². The van der Waals surface area contributed by atoms with Gasteiger partial charge in [-0.05, 0) is 82.9 Å². The van der Waals surface area contributed by atoms with Crippen LogP contribution in [0.2, 0.25) is 0 Å². The highest BCUT2D eigenvalue weighted by molar-refractivity contribution is 7.17. The van der Waals surface area contributed by atoms with Crippen molar-refractivity contribution in [1.29, 1.82) is 21.0 Å². The monoisotopic (exact) mass is 1250 g/mol. The van der Waals surface area contributed by atoms with E-state index in [0.717, 1.165) is 46.9 Å². The Balaban J connectivity index is 1.02. The first-order valence-corrected chi connectivity index (χ1v) is 29.6. The lowest BCUT2D eigenvalue weighted by Gasteiger charge is -2.37. The Hall–Kier alpha value is -12.5. The molecule has 9 aromatic rings. The van der Waals surface area contributed by atoms with E-state index in [9.17, 15) is 40.2 Å². The zero-order chi connectivity index (χ0) is 64.0. The lowest BCUT2D eigenvalue weighted by atomic mass is 9.85. The summed E-state index contributed by atoms with van der Waals surface area (Å²) in [7, 11) is 0. The van der Waals surface area contributed by atoms with Crippen molar-refractivity contribution in [2.24, 2.45) is 0 Å². The number of ketones is 4. The number of ether oxygens (including phenoxy) is 6. The quantitative estimate of drug-likeness (QED) is 0.0321. The summed E-state index contributed by atoms with van der Waals surface area (Å²) in [5.74, 6) is -8.55. The van der Waals surface area contributed by atoms with Gasteiger partial charge in [-0.2, -0.15) is 21.0 Å². The fourth-order valence-electron chi connectivity index (χ4n) is 11.1. The number of fused-ring (bicyclic) bond motifs is 8. The number of carbonyl (C=O) groups is 8. The number of benzene rings is 7. The van der Waals surface area contributed by atoms with E-state index in [0.29, 0.717) is 22.3 Å². The predicted molar refractivity (Wildman–Crippen MR) is 328 cm³/mol. The summed E-state index contributed by atoms with van der Waals surface area (Å²) in [6, 6.07) is 51.9. The molecular formula is C72H38N4O14S2. The Morgan fingerprint density at radius 2 is 0.641 bits per heavy atom. The molecule has 4 aliphatic rings. The topological polar surface area (TPSA) is 287 Å². The van der Waals surface area contributed by atoms with Gasteiger partial charge in [-0.1, -0.05) is 121 Å². The molecule has 0 atom stereocenters. The number of thiophene rings is 2. The Labute approximate surface area is 529 Å². The van der Waals surface area contributed by atoms with Gasteiger partial charge in [-0.15, -0.1) is 22.7 Å². The maximum absolute atomic E-state index is 15.4. The zero-order valence-corrected chi connectivity index (χ0v) is 49.1. The summed E-state index contributed by atoms with van der Waals surface area (Å²) in [5, 5.41) is 39.3. The number of nitrogens with zero attached hydrogens (tertiary/aromatic N) is 4. The second-order valence-corrected chi connectivity index (χ2v) is 23.4. The van der Waals surface area contributed by atoms with Gasteiger partial charge in [0.25, 0.3) is 0 Å². The van der Waals surface area contributed by atoms with Crippen LogP contribution < -0.4 is 9.47 Å². The van der Waals surface area contributed by atoms with Gasteiger partial charge in [0, 0.05) is 64.0 Å². The summed E-state index contributed by atoms with van der Waals surface area (Å²) in [6.45, 7) is -1.49. The molecule has 0 radical (unpaired) electrons. The van der Waals surface area contributed by atoms with Crippen LogP contribution in [0.1, 0.15) is 107 Å². The first kappa shape index (κ1) is 58.6. The van der Waals surface area contributed by atoms with Crippen molar-refractivity contribution in [1.82, 2.24) is 0 Å². The molecule has 13 rings (SSSR count). The van der Waals surface area contributed by atoms with E-state index < -0.39 is 58.2 Å². The molecule has 0 fully saturated rings. The van der Waals surface area contributed by atoms with E-state index in [2.05, 4.69) is 0 Å². The van der Waals surface area contributed by atoms with E-state index in [-0.39, 0.29) is 135 Å². The molecule has 0 spiro atoms. The Morgan fingerprint density at radius 1 is 0.380 bits per heavy atom. The first-order chi connectivity index (χ1) is 44.7. The number of rotatable bonds is 14. The van der Waals surface area contributed by atoms with Crippen LogP contribution in [-0.2, 0) is 75.8 Å². The van der Waals surface area contributed by atoms with Gasteiger partial charge in [-0.25, -0.2) is 19.2 Å². The van der Waals surface area contributed by atoms with Gasteiger partial charge >= 0.3 is 35.1 Å². The Bertz CT molecular complexity index is 4450. The zero-order valence-electron chi connectivity index (χ0n) is 47.5. The molecule has 2 aliphatic heterocycles. The summed E-state index contributed by atoms with van der Waals surface area (Å²) >= 11 is 1.77. The second-order valence-electron chi connectivity index (χ2n) is 21.2. The first-order valence-electron chi connectivity index (χ1n) is 28.0. The predicted octanol–water partition coefficient (Wildman–Crippen LogP) is 11.7. The van der Waals surface area contributed by atoms with Crippen molar-refractivity contribution in [3.8, 4) is 56.7 Å². The molecule has 442 valence electrons. The van der Waals surface area contributed by atoms with Crippen LogP contribution in [0.15, 0.2) is 181 Å². The number of nitriles is 4. The molecule has 0 saturated carbocycles. The minimum absolute atomic E-state index is 0.0698. The summed E-state index contributed by atoms with van der Waals surface area (Å²) in [4.78, 5) is 119. The van der Waals surface area contributed by atoms with Gasteiger partial charge in [0.15, 0.2) is 23.1 Å². The van der Waals surface area contributed by atoms with Gasteiger partial charge in [0.1, 0.15) is 62.2 Å². The molecule has 0 unspecified atom stereocenters. The van der Waals surface area contributed by atoms with Crippen molar-refractivity contribution < 1.29 is 66.8 Å². The maximum Gasteiger partial charge on any atom is 0.367 e. The van der Waals surface area contributed by atoms with E-state index in [1.54, 1.807) is 121 Å². The number of Topliss-reactive ketones (excluding diaryl/α,β-unsaturated/α-hetero) is 4. The smallest absolute Gasteiger partial charge is 0.367 e. The highest BCUT2D eigenvalue weighted by Crippen LogP contribution is 2.58. The van der Waals surface area contributed by atoms with Crippen molar-refractivity contribution >= 4 is 81.8 Å². The van der Waals surface area contributed by atoms with Crippen LogP contribution >= 0.6 is 22.7 Å². The van der Waals surface area contributed by atoms with Crippen LogP contribution in [0.3, 0.4) is 0 Å². The lowest BCUT2D eigenvalue weighted by Crippen LogP contribution is -2.52. The van der Waals surface area contributed by atoms with Crippen molar-refractivity contribution in [2.45, 2.75) is 37.6 Å². The third-order valence-electron chi connectivity index (χ3n) is 15.7. The third-order valence-corrected chi connectivity index (χ3v) is 17.9. The van der Waals surface area contributed by atoms with Crippen LogP contribution in [0, 0.1) is 45.3 Å². The average molecular weight is 1250 g/mol. The number of allylic oxidation sites excluding steroid dienone is 2. The van der Waals surface area contributed by atoms with Gasteiger partial charge in [0.05, 0.1) is 33.4 Å². The number of carbonyl (C=O) groups excluding carboxylic acids is 8. The van der Waals surface area contributed by atoms with Crippen LogP contribution in [0.25, 0.3) is 33.0 Å². The van der Waals surface area contributed by atoms with Gasteiger partial charge < -0.3 is 28.4 Å². The summed E-state index contributed by atoms with van der Waals surface area (Å²) < 4.78 is 37.8. The summed E-state index contributed by atoms with van der Waals surface area (Å²) in [5.41, 5.74) is -5.69. The third kappa shape index (κ3) is 9.96. The minimum Gasteiger partial charge on any atom is -0.459 e. The van der Waals surface area contributed by atoms with E-state index in [1.165, 1.54) is 36.4 Å². The van der Waals surface area contributed by atoms with Crippen molar-refractivity contribution in [3.63, 3.8) is 0 Å². The normalized spacial score (nSPS) is 13.9. The maximum atomic E-state index is 15.4. The van der Waals surface area contributed by atoms with Gasteiger partial charge in [0.2, 0.25) is 0 Å². The summed E-state index contributed by atoms with van der Waals surface area (Å²) in [6.07, 6.45) is 2.48. The highest BCUT2D eigenvalue weighted by Gasteiger charge is 2.61. The SMILES string of the molecule is N#Cc1cc2c(cc1C#N)C(=O)C(=Cc1cc3c(s1)-c1cc4c(cc1OC3(C(=O)OCc1ccccc1)C(=O)OCc1ccccc1)-c1sc(C=C3C(=O)c5cc(C#N)c(C#N)cc5C3=O)cc1C(C(=O)OCc1ccccc1)(C(=O)OCc1ccccc1)O4)C2=O. The lowest BCUT2D eigenvalue weighted by molar-refractivity contribution is -0.185. The molecule has 0 bridgehead atoms. The molecule has 2 aliphatic carbocycles. The van der Waals surface area contributed by atoms with Crippen LogP contribution in [-0.4, -0.2) is 47.0 Å². The minimum atomic E-state index is -2.85. The van der Waals surface area contributed by atoms with E-state index in [4.69, 9.17) is 28.4 Å². The molecule has 0 saturated heterocycles. The van der Waals surface area contributed by atoms with Crippen molar-refractivity contribution in [2.75, 3.05) is 0 Å². The van der Waals surface area contributed by atoms with E-state index in [1.807, 2.05) is 24.3 Å². The number of hydrogen-bond acceptors (Lipinski definition) is 20. The van der Waals surface area contributed by atoms with Crippen LogP contribution in [0.4, 0.5) is 0 Å². The highest BCUT2D eigenvalue weighted by atomic mass is 32.1. The van der Waals surface area contributed by atoms with E-state index >= 15 is 19.2 Å². The molecule has 0 amide bonds. The van der Waals surface area contributed by atoms with Crippen molar-refractivity contribution in [3.05, 3.63) is 269 Å². The standard InChI is InChI=1S/C72H38N4O14S2/c73-31-43-21-49-50(22-44(43)32-74)62(78)55(61(49)77)25-47-27-57-65(91-47)53-30-60-54(29-59(53)89-71(57,67(81)85-35-39-13-5-1-6-14-39)68(82)86-36-40-15-7-2-8-16-40)66-58(28-48(92-66)26-56-63(79)51-23-45(33-75)46(34-76)24-52(51)64(56)80)72(90-60,69(83)87-37-41-17-9-3-10-18-41)70(84)88-38-42-19-11-4-12-20-42/h1-30H,35-38H2. The number of hydrogen-bond donors (Lipinski definition) is 0. The molecule has 0 N–H and O–H groups in total. The Kier molecular flexibility index (Phi) is 15.0. The largest absolute Gasteiger partial charge is 0.459 e.